The smallest absolute Gasteiger partial charge is 1.00 e. The first-order valence-electron chi connectivity index (χ1n) is 20.2. The number of aromatic nitrogens is 3. The summed E-state index contributed by atoms with van der Waals surface area (Å²) in [7, 11) is -4.46. The molecule has 11 nitrogen and oxygen atoms in total. The minimum absolute atomic E-state index is 0. The van der Waals surface area contributed by atoms with Crippen molar-refractivity contribution < 1.29 is 101 Å². The van der Waals surface area contributed by atoms with E-state index < -0.39 is 41.6 Å². The van der Waals surface area contributed by atoms with E-state index >= 15 is 0 Å². The number of sulfonamides is 1. The first-order chi connectivity index (χ1) is 27.7. The Morgan fingerprint density at radius 2 is 1.57 bits per heavy atom. The van der Waals surface area contributed by atoms with Crippen LogP contribution in [-0.4, -0.2) is 132 Å². The fourth-order valence-electron chi connectivity index (χ4n) is 7.11. The molecule has 3 aliphatic heterocycles. The Morgan fingerprint density at radius 3 is 2.08 bits per heavy atom. The van der Waals surface area contributed by atoms with Crippen LogP contribution >= 0.6 is 22.9 Å². The summed E-state index contributed by atoms with van der Waals surface area (Å²) in [5, 5.41) is 0. The molecular weight excluding hydrogens is 882 g/mol. The van der Waals surface area contributed by atoms with Gasteiger partial charge in [-0.1, -0.05) is 19.3 Å². The first kappa shape index (κ1) is 55.1. The van der Waals surface area contributed by atoms with Gasteiger partial charge in [0.05, 0.1) is 67.9 Å². The molecule has 1 saturated carbocycles. The molecule has 4 fully saturated rings. The van der Waals surface area contributed by atoms with Gasteiger partial charge in [0.25, 0.3) is 0 Å². The van der Waals surface area contributed by atoms with Crippen LogP contribution in [0.5, 0.6) is 5.88 Å². The van der Waals surface area contributed by atoms with E-state index in [1.807, 2.05) is 0 Å². The third-order valence-electron chi connectivity index (χ3n) is 10.4. The summed E-state index contributed by atoms with van der Waals surface area (Å²) in [5.41, 5.74) is 3.56. The van der Waals surface area contributed by atoms with Gasteiger partial charge in [-0.25, -0.2) is 36.5 Å². The summed E-state index contributed by atoms with van der Waals surface area (Å²) in [5.74, 6) is 0.216. The standard InChI is InChI=1S/C24H31FN6O4S2.C7H14FN.C6H11F.CH2BClF2.FH.K/c1-15-18(14-30-6-4-17(25)5-7-30)21-22(36-15)20(27-24(28-21)31-8-10-35-11-9-31)16-12-19(29-37(3,32)33)23(34-2)26-13-16;1-2-9-5-3-7(8)4-6-9;7-6-4-2-1-3-5-6;3-1-2(4)5;;/h12-13,17,29H,4-11,14H2,1-3H3;7H,2-6H2,1H3;6H,1-5H2;1H2;1H;/q;;;;;+1. The van der Waals surface area contributed by atoms with E-state index in [1.54, 1.807) is 28.5 Å². The summed E-state index contributed by atoms with van der Waals surface area (Å²) >= 11 is 6.19. The molecule has 7 rings (SSSR count). The molecule has 0 radical (unpaired) electrons. The summed E-state index contributed by atoms with van der Waals surface area (Å²) in [4.78, 5) is 21.4. The second kappa shape index (κ2) is 28.0. The maximum Gasteiger partial charge on any atom is 1.00 e. The number of nitrogens with zero attached hydrogens (tertiary/aromatic N) is 5. The number of halogens is 7. The second-order valence-electron chi connectivity index (χ2n) is 15.0. The topological polar surface area (TPSA) is 114 Å². The zero-order chi connectivity index (χ0) is 42.2. The van der Waals surface area contributed by atoms with Crippen molar-refractivity contribution in [2.24, 2.45) is 0 Å². The Balaban J connectivity index is 0.000000440. The van der Waals surface area contributed by atoms with Crippen LogP contribution < -0.4 is 75.3 Å². The SMILES string of the molecule is CC[NH+]1CCC(F)CC1.COc1ncc(-c2nc(N3CCOCC3)nc3c(CN4CCC(F)CC4)c(C)sc23)cc1NS(C)(=O)=O.FB(F)CCl.FC1CCCCC1.[F-].[K+]. The largest absolute Gasteiger partial charge is 1.00 e. The van der Waals surface area contributed by atoms with Gasteiger partial charge in [-0.2, -0.15) is 0 Å². The van der Waals surface area contributed by atoms with Crippen LogP contribution in [0, 0.1) is 6.92 Å². The number of methoxy groups -OCH3 is 1. The Bertz CT molecular complexity index is 1800. The van der Waals surface area contributed by atoms with E-state index in [0.29, 0.717) is 62.9 Å². The maximum atomic E-state index is 13.7. The van der Waals surface area contributed by atoms with Crippen LogP contribution in [0.2, 0.25) is 0 Å². The number of fused-ring (bicyclic) bond motifs is 1. The minimum Gasteiger partial charge on any atom is -1.00 e. The van der Waals surface area contributed by atoms with Gasteiger partial charge in [0.2, 0.25) is 21.9 Å². The second-order valence-corrected chi connectivity index (χ2v) is 18.2. The number of ether oxygens (including phenoxy) is 2. The Labute approximate surface area is 403 Å². The number of quaternary nitrogens is 1. The number of likely N-dealkylation sites (tertiary alicyclic amines) is 2. The summed E-state index contributed by atoms with van der Waals surface area (Å²) in [6, 6.07) is 1.69. The zero-order valence-corrected chi connectivity index (χ0v) is 40.9. The molecule has 3 saturated heterocycles. The number of morpholine rings is 1. The van der Waals surface area contributed by atoms with Crippen LogP contribution in [0.15, 0.2) is 12.3 Å². The molecule has 0 unspecified atom stereocenters. The predicted molar refractivity (Wildman–Crippen MR) is 225 cm³/mol. The van der Waals surface area contributed by atoms with Gasteiger partial charge in [0.1, 0.15) is 24.2 Å². The molecule has 0 spiro atoms. The predicted octanol–water partition coefficient (Wildman–Crippen LogP) is 0.724. The molecule has 0 aromatic carbocycles. The molecule has 2 N–H and O–H groups in total. The molecule has 6 heterocycles. The number of anilines is 2. The van der Waals surface area contributed by atoms with Gasteiger partial charge >= 0.3 is 58.7 Å². The van der Waals surface area contributed by atoms with Gasteiger partial charge in [-0.15, -0.1) is 22.9 Å². The monoisotopic (exact) mass is 940 g/mol. The summed E-state index contributed by atoms with van der Waals surface area (Å²) in [6.07, 6.45) is 8.80. The van der Waals surface area contributed by atoms with E-state index in [9.17, 15) is 30.2 Å². The van der Waals surface area contributed by atoms with Crippen LogP contribution in [-0.2, 0) is 21.3 Å². The molecule has 22 heteroatoms. The van der Waals surface area contributed by atoms with Crippen molar-refractivity contribution in [3.8, 4) is 17.1 Å². The molecule has 4 aliphatic rings. The van der Waals surface area contributed by atoms with Crippen molar-refractivity contribution in [3.63, 3.8) is 0 Å². The first-order valence-corrected chi connectivity index (χ1v) is 23.4. The number of aryl methyl sites for hydroxylation is 1. The molecule has 0 atom stereocenters. The number of nitrogens with one attached hydrogen (secondary N) is 2. The number of piperidine rings is 2. The van der Waals surface area contributed by atoms with Gasteiger partial charge < -0.3 is 24.0 Å². The Hall–Kier alpha value is -1.01. The van der Waals surface area contributed by atoms with Crippen LogP contribution in [0.3, 0.4) is 0 Å². The van der Waals surface area contributed by atoms with Gasteiger partial charge in [0, 0.05) is 67.8 Å². The molecule has 60 heavy (non-hydrogen) atoms. The van der Waals surface area contributed by atoms with Crippen molar-refractivity contribution in [1.29, 1.82) is 0 Å². The number of thiophene rings is 1. The van der Waals surface area contributed by atoms with Crippen molar-refractivity contribution in [2.45, 2.75) is 96.7 Å². The maximum absolute atomic E-state index is 13.7. The number of hydrogen-bond donors (Lipinski definition) is 2. The van der Waals surface area contributed by atoms with Crippen LogP contribution in [0.25, 0.3) is 21.5 Å². The molecular formula is C38H59BClF6KN7O4S2+. The number of pyridine rings is 1. The van der Waals surface area contributed by atoms with Gasteiger partial charge in [0.15, 0.2) is 0 Å². The van der Waals surface area contributed by atoms with Crippen LogP contribution in [0.4, 0.5) is 33.4 Å². The van der Waals surface area contributed by atoms with E-state index in [1.165, 1.54) is 13.5 Å². The van der Waals surface area contributed by atoms with Crippen molar-refractivity contribution in [1.82, 2.24) is 19.9 Å². The average molecular weight is 941 g/mol. The van der Waals surface area contributed by atoms with E-state index in [2.05, 4.69) is 45.0 Å². The van der Waals surface area contributed by atoms with E-state index in [4.69, 9.17) is 19.4 Å². The zero-order valence-electron chi connectivity index (χ0n) is 35.4. The van der Waals surface area contributed by atoms with E-state index in [-0.39, 0.29) is 67.7 Å². The normalized spacial score (nSPS) is 20.1. The Morgan fingerprint density at radius 1 is 0.983 bits per heavy atom. The summed E-state index contributed by atoms with van der Waals surface area (Å²) in [6.45, 7) is 12.1. The molecule has 1 aliphatic carbocycles. The minimum atomic E-state index is -3.55. The molecule has 334 valence electrons. The quantitative estimate of drug-likeness (QED) is 0.182. The molecule has 3 aromatic heterocycles. The average Bonchev–Trinajstić information content (AvgIpc) is 3.53. The van der Waals surface area contributed by atoms with E-state index in [0.717, 1.165) is 98.2 Å². The van der Waals surface area contributed by atoms with Gasteiger partial charge in [-0.05, 0) is 45.6 Å². The molecule has 0 amide bonds. The number of hydrogen-bond acceptors (Lipinski definition) is 10. The number of alkyl halides is 4. The van der Waals surface area contributed by atoms with Crippen molar-refractivity contribution in [2.75, 3.05) is 87.8 Å². The fourth-order valence-corrected chi connectivity index (χ4v) is 8.77. The fraction of sp³-hybridized carbons (Fsp3) is 0.711. The molecule has 0 bridgehead atoms. The van der Waals surface area contributed by atoms with Crippen molar-refractivity contribution >= 4 is 62.1 Å². The van der Waals surface area contributed by atoms with Gasteiger partial charge in [-0.3, -0.25) is 18.3 Å². The number of rotatable bonds is 9. The third-order valence-corrected chi connectivity index (χ3v) is 12.4. The van der Waals surface area contributed by atoms with Crippen LogP contribution in [0.1, 0.15) is 75.2 Å². The third kappa shape index (κ3) is 18.2. The summed E-state index contributed by atoms with van der Waals surface area (Å²) < 4.78 is 97.8. The molecule has 3 aromatic rings. The van der Waals surface area contributed by atoms with Crippen molar-refractivity contribution in [3.05, 3.63) is 22.7 Å². The Kier molecular flexibility index (Phi) is 25.7.